The van der Waals surface area contributed by atoms with E-state index in [1.807, 2.05) is 6.92 Å². The molecule has 0 saturated heterocycles. The Hall–Kier alpha value is -0.850. The lowest BCUT2D eigenvalue weighted by Gasteiger charge is -1.80. The lowest BCUT2D eigenvalue weighted by atomic mass is 10.3. The maximum absolute atomic E-state index is 10.5. The van der Waals surface area contributed by atoms with Crippen LogP contribution in [0, 0.1) is 0 Å². The van der Waals surface area contributed by atoms with Crippen LogP contribution in [0.4, 0.5) is 0 Å². The molecule has 1 nitrogen and oxygen atoms in total. The van der Waals surface area contributed by atoms with Gasteiger partial charge in [-0.2, -0.15) is 0 Å². The molecule has 0 atom stereocenters. The first-order valence-electron chi connectivity index (χ1n) is 2.57. The molecule has 0 fully saturated rings. The predicted octanol–water partition coefficient (Wildman–Crippen LogP) is 1.71. The van der Waals surface area contributed by atoms with Crippen LogP contribution in [0.3, 0.4) is 0 Å². The van der Waals surface area contributed by atoms with E-state index in [2.05, 4.69) is 6.58 Å². The normalized spacial score (nSPS) is 9.62. The van der Waals surface area contributed by atoms with Gasteiger partial charge in [0.25, 0.3) is 0 Å². The van der Waals surface area contributed by atoms with Crippen molar-refractivity contribution in [1.29, 1.82) is 0 Å². The number of hydrogen-bond donors (Lipinski definition) is 0. The van der Waals surface area contributed by atoms with Crippen molar-refractivity contribution in [3.63, 3.8) is 0 Å². The van der Waals surface area contributed by atoms with Crippen molar-refractivity contribution in [3.05, 3.63) is 24.8 Å². The van der Waals surface area contributed by atoms with E-state index >= 15 is 0 Å². The van der Waals surface area contributed by atoms with Gasteiger partial charge in [-0.05, 0) is 13.0 Å². The second kappa shape index (κ2) is 4.31. The first kappa shape index (κ1) is 7.15. The van der Waals surface area contributed by atoms with Crippen molar-refractivity contribution in [3.8, 4) is 0 Å². The Morgan fingerprint density at radius 3 is 2.75 bits per heavy atom. The Labute approximate surface area is 49.7 Å². The zero-order chi connectivity index (χ0) is 6.41. The van der Waals surface area contributed by atoms with E-state index < -0.39 is 0 Å². The summed E-state index contributed by atoms with van der Waals surface area (Å²) in [5.41, 5.74) is 0. The molecule has 0 heterocycles. The third kappa shape index (κ3) is 3.34. The highest BCUT2D eigenvalue weighted by Gasteiger charge is 1.86. The van der Waals surface area contributed by atoms with Gasteiger partial charge in [0.1, 0.15) is 0 Å². The largest absolute Gasteiger partial charge is 0.295 e. The van der Waals surface area contributed by atoms with Crippen molar-refractivity contribution >= 4 is 5.78 Å². The smallest absolute Gasteiger partial charge is 0.159 e. The molecule has 44 valence electrons. The van der Waals surface area contributed by atoms with Gasteiger partial charge in [-0.3, -0.25) is 4.79 Å². The highest BCUT2D eigenvalue weighted by Crippen LogP contribution is 1.84. The predicted molar refractivity (Wildman–Crippen MR) is 34.6 cm³/mol. The van der Waals surface area contributed by atoms with E-state index in [-0.39, 0.29) is 5.78 Å². The molecular formula is C7H10O. The zero-order valence-electron chi connectivity index (χ0n) is 5.05. The van der Waals surface area contributed by atoms with Gasteiger partial charge in [-0.15, -0.1) is 6.58 Å². The number of ketones is 1. The van der Waals surface area contributed by atoms with Crippen molar-refractivity contribution in [1.82, 2.24) is 0 Å². The third-order valence-electron chi connectivity index (χ3n) is 0.698. The van der Waals surface area contributed by atoms with E-state index in [4.69, 9.17) is 0 Å². The maximum atomic E-state index is 10.5. The number of rotatable bonds is 3. The average molecular weight is 110 g/mol. The summed E-state index contributed by atoms with van der Waals surface area (Å²) in [4.78, 5) is 10.5. The van der Waals surface area contributed by atoms with Crippen LogP contribution in [0.1, 0.15) is 13.3 Å². The van der Waals surface area contributed by atoms with Crippen LogP contribution < -0.4 is 0 Å². The van der Waals surface area contributed by atoms with E-state index in [1.165, 1.54) is 0 Å². The van der Waals surface area contributed by atoms with Crippen molar-refractivity contribution in [2.45, 2.75) is 13.3 Å². The maximum Gasteiger partial charge on any atom is 0.159 e. The number of hydrogen-bond acceptors (Lipinski definition) is 1. The molecule has 0 aromatic heterocycles. The zero-order valence-corrected chi connectivity index (χ0v) is 5.05. The molecule has 8 heavy (non-hydrogen) atoms. The molecule has 0 rings (SSSR count). The van der Waals surface area contributed by atoms with E-state index in [0.29, 0.717) is 6.42 Å². The first-order valence-corrected chi connectivity index (χ1v) is 2.57. The molecule has 0 radical (unpaired) electrons. The fourth-order valence-corrected chi connectivity index (χ4v) is 0.396. The highest BCUT2D eigenvalue weighted by molar-refractivity contribution is 5.90. The van der Waals surface area contributed by atoms with E-state index in [0.717, 1.165) is 0 Å². The Morgan fingerprint density at radius 1 is 1.75 bits per heavy atom. The molecule has 0 N–H and O–H groups in total. The quantitative estimate of drug-likeness (QED) is 0.399. The van der Waals surface area contributed by atoms with Crippen LogP contribution in [0.25, 0.3) is 0 Å². The fraction of sp³-hybridized carbons (Fsp3) is 0.286. The number of carbonyl (C=O) groups is 1. The van der Waals surface area contributed by atoms with Gasteiger partial charge in [0.05, 0.1) is 0 Å². The monoisotopic (exact) mass is 110 g/mol. The molecule has 0 aromatic carbocycles. The van der Waals surface area contributed by atoms with Crippen LogP contribution in [-0.4, -0.2) is 5.78 Å². The van der Waals surface area contributed by atoms with E-state index in [9.17, 15) is 4.79 Å². The molecule has 0 unspecified atom stereocenters. The lowest BCUT2D eigenvalue weighted by molar-refractivity contribution is -0.113. The van der Waals surface area contributed by atoms with Crippen LogP contribution in [0.15, 0.2) is 24.8 Å². The summed E-state index contributed by atoms with van der Waals surface area (Å²) in [7, 11) is 0. The van der Waals surface area contributed by atoms with Crippen molar-refractivity contribution in [2.24, 2.45) is 0 Å². The third-order valence-corrected chi connectivity index (χ3v) is 0.698. The minimum absolute atomic E-state index is 0.113. The molecular weight excluding hydrogens is 100 g/mol. The fourth-order valence-electron chi connectivity index (χ4n) is 0.396. The van der Waals surface area contributed by atoms with Crippen molar-refractivity contribution in [2.75, 3.05) is 0 Å². The summed E-state index contributed by atoms with van der Waals surface area (Å²) in [6.45, 7) is 5.25. The second-order valence-corrected chi connectivity index (χ2v) is 1.46. The minimum atomic E-state index is 0.113. The van der Waals surface area contributed by atoms with E-state index in [1.54, 1.807) is 18.2 Å². The molecule has 0 aliphatic rings. The molecule has 0 amide bonds. The summed E-state index contributed by atoms with van der Waals surface area (Å²) in [6.07, 6.45) is 5.32. The summed E-state index contributed by atoms with van der Waals surface area (Å²) in [6, 6.07) is 0. The number of allylic oxidation sites excluding steroid dienone is 3. The van der Waals surface area contributed by atoms with Crippen LogP contribution in [-0.2, 0) is 4.79 Å². The average Bonchev–Trinajstić information content (AvgIpc) is 1.68. The Morgan fingerprint density at radius 2 is 2.38 bits per heavy atom. The first-order chi connectivity index (χ1) is 3.81. The number of carbonyl (C=O) groups excluding carboxylic acids is 1. The van der Waals surface area contributed by atoms with Gasteiger partial charge in [0.15, 0.2) is 5.78 Å². The standard InChI is InChI=1S/C7H10O/c1-3-5-7(8)6-4-2/h3-4,6H,1,5H2,2H3. The molecule has 0 spiro atoms. The summed E-state index contributed by atoms with van der Waals surface area (Å²) in [5.74, 6) is 0.113. The Bertz CT molecular complexity index is 112. The summed E-state index contributed by atoms with van der Waals surface area (Å²) < 4.78 is 0. The van der Waals surface area contributed by atoms with Gasteiger partial charge < -0.3 is 0 Å². The van der Waals surface area contributed by atoms with Gasteiger partial charge in [-0.1, -0.05) is 12.2 Å². The Kier molecular flexibility index (Phi) is 3.85. The molecule has 0 aliphatic carbocycles. The highest BCUT2D eigenvalue weighted by atomic mass is 16.1. The second-order valence-electron chi connectivity index (χ2n) is 1.46. The van der Waals surface area contributed by atoms with Crippen LogP contribution in [0.2, 0.25) is 0 Å². The molecule has 0 aliphatic heterocycles. The SMILES string of the molecule is C=CCC(=O)C=CC. The van der Waals surface area contributed by atoms with Gasteiger partial charge >= 0.3 is 0 Å². The molecule has 1 heteroatoms. The van der Waals surface area contributed by atoms with Gasteiger partial charge in [0.2, 0.25) is 0 Å². The van der Waals surface area contributed by atoms with Crippen LogP contribution >= 0.6 is 0 Å². The lowest BCUT2D eigenvalue weighted by Crippen LogP contribution is -1.86. The van der Waals surface area contributed by atoms with Gasteiger partial charge in [0, 0.05) is 6.42 Å². The van der Waals surface area contributed by atoms with Gasteiger partial charge in [-0.25, -0.2) is 0 Å². The summed E-state index contributed by atoms with van der Waals surface area (Å²) in [5, 5.41) is 0. The Balaban J connectivity index is 3.48. The molecule has 0 saturated carbocycles. The topological polar surface area (TPSA) is 17.1 Å². The molecule has 0 bridgehead atoms. The minimum Gasteiger partial charge on any atom is -0.295 e. The summed E-state index contributed by atoms with van der Waals surface area (Å²) >= 11 is 0. The van der Waals surface area contributed by atoms with Crippen molar-refractivity contribution < 1.29 is 4.79 Å². The molecule has 0 aromatic rings. The van der Waals surface area contributed by atoms with Crippen LogP contribution in [0.5, 0.6) is 0 Å².